The molecule has 1 fully saturated rings. The first-order valence-corrected chi connectivity index (χ1v) is 7.00. The van der Waals surface area contributed by atoms with Crippen LogP contribution in [0.4, 0.5) is 0 Å². The van der Waals surface area contributed by atoms with Crippen molar-refractivity contribution < 1.29 is 9.53 Å². The fraction of sp³-hybridized carbons (Fsp3) is 0.769. The monoisotopic (exact) mass is 266 g/mol. The molecule has 0 amide bonds. The van der Waals surface area contributed by atoms with E-state index in [2.05, 4.69) is 21.9 Å². The van der Waals surface area contributed by atoms with Crippen LogP contribution in [-0.2, 0) is 22.6 Å². The first-order valence-electron chi connectivity index (χ1n) is 7.00. The van der Waals surface area contributed by atoms with Gasteiger partial charge in [-0.2, -0.15) is 5.10 Å². The minimum Gasteiger partial charge on any atom is -0.466 e. The Bertz CT molecular complexity index is 411. The van der Waals surface area contributed by atoms with Crippen molar-refractivity contribution in [2.75, 3.05) is 19.7 Å². The topological polar surface area (TPSA) is 60.2 Å². The highest BCUT2D eigenvalue weighted by Crippen LogP contribution is 2.19. The lowest BCUT2D eigenvalue weighted by molar-refractivity contribution is -0.149. The molecule has 106 valence electrons. The summed E-state index contributed by atoms with van der Waals surface area (Å²) < 4.78 is 6.99. The van der Waals surface area contributed by atoms with Gasteiger partial charge in [0.1, 0.15) is 12.2 Å². The highest BCUT2D eigenvalue weighted by Gasteiger charge is 2.26. The maximum absolute atomic E-state index is 11.7. The Morgan fingerprint density at radius 2 is 2.16 bits per heavy atom. The summed E-state index contributed by atoms with van der Waals surface area (Å²) in [6.45, 7) is 7.87. The van der Waals surface area contributed by atoms with E-state index in [0.717, 1.165) is 44.8 Å². The van der Waals surface area contributed by atoms with Crippen LogP contribution in [0.2, 0.25) is 0 Å². The summed E-state index contributed by atoms with van der Waals surface area (Å²) in [4.78, 5) is 18.3. The predicted octanol–water partition coefficient (Wildman–Crippen LogP) is 1.07. The molecule has 0 spiro atoms. The number of piperidine rings is 1. The molecule has 0 N–H and O–H groups in total. The van der Waals surface area contributed by atoms with Crippen LogP contribution in [0, 0.1) is 5.92 Å². The second kappa shape index (κ2) is 6.65. The van der Waals surface area contributed by atoms with Gasteiger partial charge in [-0.3, -0.25) is 9.69 Å². The molecule has 0 radical (unpaired) electrons. The number of ether oxygens (including phenoxy) is 1. The van der Waals surface area contributed by atoms with Gasteiger partial charge >= 0.3 is 5.97 Å². The molecule has 2 rings (SSSR count). The average molecular weight is 266 g/mol. The number of aromatic nitrogens is 3. The van der Waals surface area contributed by atoms with E-state index in [1.54, 1.807) is 6.33 Å². The lowest BCUT2D eigenvalue weighted by Crippen LogP contribution is -2.37. The second-order valence-electron chi connectivity index (χ2n) is 4.79. The summed E-state index contributed by atoms with van der Waals surface area (Å²) in [6.07, 6.45) is 3.35. The number of hydrogen-bond donors (Lipinski definition) is 0. The van der Waals surface area contributed by atoms with Crippen molar-refractivity contribution in [3.8, 4) is 0 Å². The molecule has 0 bridgehead atoms. The highest BCUT2D eigenvalue weighted by atomic mass is 16.5. The van der Waals surface area contributed by atoms with Crippen LogP contribution in [0.1, 0.15) is 32.5 Å². The Morgan fingerprint density at radius 3 is 2.79 bits per heavy atom. The number of carbonyl (C=O) groups is 1. The zero-order valence-corrected chi connectivity index (χ0v) is 11.7. The predicted molar refractivity (Wildman–Crippen MR) is 70.3 cm³/mol. The fourth-order valence-corrected chi connectivity index (χ4v) is 2.46. The number of hydrogen-bond acceptors (Lipinski definition) is 5. The summed E-state index contributed by atoms with van der Waals surface area (Å²) in [6, 6.07) is 0. The smallest absolute Gasteiger partial charge is 0.309 e. The van der Waals surface area contributed by atoms with E-state index >= 15 is 0 Å². The third kappa shape index (κ3) is 3.53. The van der Waals surface area contributed by atoms with Crippen LogP contribution in [0.25, 0.3) is 0 Å². The van der Waals surface area contributed by atoms with Gasteiger partial charge in [-0.1, -0.05) is 0 Å². The Hall–Kier alpha value is -1.43. The van der Waals surface area contributed by atoms with Crippen molar-refractivity contribution in [1.29, 1.82) is 0 Å². The molecule has 2 heterocycles. The molecular formula is C13H22N4O2. The Kier molecular flexibility index (Phi) is 4.90. The van der Waals surface area contributed by atoms with Gasteiger partial charge in [0.05, 0.1) is 19.1 Å². The molecule has 0 aliphatic carbocycles. The maximum Gasteiger partial charge on any atom is 0.309 e. The fourth-order valence-electron chi connectivity index (χ4n) is 2.46. The molecule has 1 aromatic heterocycles. The summed E-state index contributed by atoms with van der Waals surface area (Å²) in [5, 5.41) is 4.17. The van der Waals surface area contributed by atoms with E-state index in [0.29, 0.717) is 6.61 Å². The first kappa shape index (κ1) is 14.0. The quantitative estimate of drug-likeness (QED) is 0.746. The van der Waals surface area contributed by atoms with E-state index in [1.807, 2.05) is 11.6 Å². The maximum atomic E-state index is 11.7. The van der Waals surface area contributed by atoms with Gasteiger partial charge in [0.25, 0.3) is 0 Å². The summed E-state index contributed by atoms with van der Waals surface area (Å²) in [5.41, 5.74) is 0. The zero-order valence-electron chi connectivity index (χ0n) is 11.7. The van der Waals surface area contributed by atoms with Crippen LogP contribution in [-0.4, -0.2) is 45.3 Å². The number of rotatable bonds is 5. The number of esters is 1. The van der Waals surface area contributed by atoms with Crippen molar-refractivity contribution >= 4 is 5.97 Å². The Morgan fingerprint density at radius 1 is 1.42 bits per heavy atom. The van der Waals surface area contributed by atoms with Gasteiger partial charge in [-0.05, 0) is 39.8 Å². The van der Waals surface area contributed by atoms with Crippen molar-refractivity contribution in [3.63, 3.8) is 0 Å². The molecule has 1 aromatic rings. The summed E-state index contributed by atoms with van der Waals surface area (Å²) >= 11 is 0. The van der Waals surface area contributed by atoms with Crippen LogP contribution in [0.3, 0.4) is 0 Å². The Balaban J connectivity index is 1.82. The molecule has 0 unspecified atom stereocenters. The molecule has 0 atom stereocenters. The van der Waals surface area contributed by atoms with Crippen LogP contribution in [0.15, 0.2) is 6.33 Å². The van der Waals surface area contributed by atoms with Crippen molar-refractivity contribution in [1.82, 2.24) is 19.7 Å². The van der Waals surface area contributed by atoms with Crippen LogP contribution < -0.4 is 0 Å². The molecule has 0 saturated carbocycles. The van der Waals surface area contributed by atoms with Gasteiger partial charge < -0.3 is 4.74 Å². The van der Waals surface area contributed by atoms with Crippen LogP contribution >= 0.6 is 0 Å². The van der Waals surface area contributed by atoms with E-state index in [9.17, 15) is 4.79 Å². The van der Waals surface area contributed by atoms with Crippen molar-refractivity contribution in [2.45, 2.75) is 39.8 Å². The molecule has 19 heavy (non-hydrogen) atoms. The van der Waals surface area contributed by atoms with E-state index in [1.165, 1.54) is 0 Å². The first-order chi connectivity index (χ1) is 9.24. The molecule has 1 saturated heterocycles. The van der Waals surface area contributed by atoms with Crippen molar-refractivity contribution in [2.24, 2.45) is 5.92 Å². The normalized spacial score (nSPS) is 17.6. The standard InChI is InChI=1S/C13H22N4O2/c1-3-17-12(14-10-15-17)9-16-7-5-11(6-8-16)13(18)19-4-2/h10-11H,3-9H2,1-2H3. The van der Waals surface area contributed by atoms with Gasteiger partial charge in [0.2, 0.25) is 0 Å². The molecule has 1 aliphatic rings. The number of aryl methyl sites for hydroxylation is 1. The number of nitrogens with zero attached hydrogens (tertiary/aromatic N) is 4. The largest absolute Gasteiger partial charge is 0.466 e. The van der Waals surface area contributed by atoms with Crippen LogP contribution in [0.5, 0.6) is 0 Å². The molecule has 0 aromatic carbocycles. The second-order valence-corrected chi connectivity index (χ2v) is 4.79. The lowest BCUT2D eigenvalue weighted by atomic mass is 9.97. The average Bonchev–Trinajstić information content (AvgIpc) is 2.87. The third-order valence-electron chi connectivity index (χ3n) is 3.57. The summed E-state index contributed by atoms with van der Waals surface area (Å²) in [7, 11) is 0. The van der Waals surface area contributed by atoms with E-state index in [-0.39, 0.29) is 11.9 Å². The highest BCUT2D eigenvalue weighted by molar-refractivity contribution is 5.72. The van der Waals surface area contributed by atoms with Gasteiger partial charge in [-0.25, -0.2) is 9.67 Å². The molecule has 6 heteroatoms. The van der Waals surface area contributed by atoms with Gasteiger partial charge in [0, 0.05) is 6.54 Å². The Labute approximate surface area is 113 Å². The minimum absolute atomic E-state index is 0.0427. The van der Waals surface area contributed by atoms with Gasteiger partial charge in [0.15, 0.2) is 0 Å². The van der Waals surface area contributed by atoms with Crippen molar-refractivity contribution in [3.05, 3.63) is 12.2 Å². The zero-order chi connectivity index (χ0) is 13.7. The van der Waals surface area contributed by atoms with E-state index < -0.39 is 0 Å². The lowest BCUT2D eigenvalue weighted by Gasteiger charge is -2.30. The number of likely N-dealkylation sites (tertiary alicyclic amines) is 1. The molecule has 1 aliphatic heterocycles. The SMILES string of the molecule is CCOC(=O)C1CCN(Cc2ncnn2CC)CC1. The summed E-state index contributed by atoms with van der Waals surface area (Å²) in [5.74, 6) is 1.02. The minimum atomic E-state index is -0.0427. The van der Waals surface area contributed by atoms with Gasteiger partial charge in [-0.15, -0.1) is 0 Å². The number of carbonyl (C=O) groups excluding carboxylic acids is 1. The third-order valence-corrected chi connectivity index (χ3v) is 3.57. The van der Waals surface area contributed by atoms with E-state index in [4.69, 9.17) is 4.74 Å². The molecule has 6 nitrogen and oxygen atoms in total. The molecular weight excluding hydrogens is 244 g/mol.